The molecular formula is C17H35N3. The number of rotatable bonds is 8. The maximum Gasteiger partial charge on any atom is 0.00670 e. The smallest absolute Gasteiger partial charge is 0.00670 e. The van der Waals surface area contributed by atoms with Crippen molar-refractivity contribution in [3.63, 3.8) is 0 Å². The predicted octanol–water partition coefficient (Wildman–Crippen LogP) is 2.80. The Bertz CT molecular complexity index is 230. The Kier molecular flexibility index (Phi) is 7.92. The van der Waals surface area contributed by atoms with Gasteiger partial charge in [-0.15, -0.1) is 0 Å². The molecule has 0 aromatic carbocycles. The molecule has 4 N–H and O–H groups in total. The Hall–Kier alpha value is -0.120. The molecule has 0 spiro atoms. The lowest BCUT2D eigenvalue weighted by Crippen LogP contribution is -2.33. The van der Waals surface area contributed by atoms with Crippen LogP contribution in [0.3, 0.4) is 0 Å². The molecule has 0 radical (unpaired) electrons. The van der Waals surface area contributed by atoms with Gasteiger partial charge in [0.25, 0.3) is 0 Å². The van der Waals surface area contributed by atoms with Crippen LogP contribution in [-0.2, 0) is 0 Å². The normalized spacial score (nSPS) is 28.6. The van der Waals surface area contributed by atoms with E-state index in [9.17, 15) is 0 Å². The minimum Gasteiger partial charge on any atom is -0.328 e. The van der Waals surface area contributed by atoms with Crippen LogP contribution in [0.4, 0.5) is 0 Å². The molecular weight excluding hydrogens is 246 g/mol. The lowest BCUT2D eigenvalue weighted by molar-refractivity contribution is 0.307. The molecule has 2 rings (SSSR count). The van der Waals surface area contributed by atoms with Gasteiger partial charge in [-0.25, -0.2) is 0 Å². The third kappa shape index (κ3) is 6.55. The van der Waals surface area contributed by atoms with Crippen molar-refractivity contribution in [2.45, 2.75) is 82.7 Å². The second-order valence-electron chi connectivity index (χ2n) is 6.96. The summed E-state index contributed by atoms with van der Waals surface area (Å²) in [5.74, 6) is 0.933. The summed E-state index contributed by atoms with van der Waals surface area (Å²) >= 11 is 0. The van der Waals surface area contributed by atoms with Gasteiger partial charge in [-0.1, -0.05) is 19.3 Å². The van der Waals surface area contributed by atoms with Crippen molar-refractivity contribution in [2.24, 2.45) is 11.7 Å². The molecule has 0 unspecified atom stereocenters. The standard InChI is InChI=1S/C17H35N3/c18-16-9-7-15(8-10-16)11-14-19-12-4-13-20-17-5-2-1-3-6-17/h15-17,19-20H,1-14,18H2. The fraction of sp³-hybridized carbons (Fsp3) is 1.00. The number of nitrogens with two attached hydrogens (primary N) is 1. The second-order valence-corrected chi connectivity index (χ2v) is 6.96. The highest BCUT2D eigenvalue weighted by molar-refractivity contribution is 4.75. The Morgan fingerprint density at radius 1 is 0.800 bits per heavy atom. The fourth-order valence-corrected chi connectivity index (χ4v) is 3.73. The zero-order valence-corrected chi connectivity index (χ0v) is 13.2. The molecule has 0 amide bonds. The molecule has 2 aliphatic rings. The fourth-order valence-electron chi connectivity index (χ4n) is 3.73. The molecule has 2 fully saturated rings. The van der Waals surface area contributed by atoms with Crippen molar-refractivity contribution in [3.05, 3.63) is 0 Å². The molecule has 2 saturated carbocycles. The van der Waals surface area contributed by atoms with Crippen LogP contribution in [-0.4, -0.2) is 31.7 Å². The second kappa shape index (κ2) is 9.75. The summed E-state index contributed by atoms with van der Waals surface area (Å²) < 4.78 is 0. The summed E-state index contributed by atoms with van der Waals surface area (Å²) in [4.78, 5) is 0. The van der Waals surface area contributed by atoms with Gasteiger partial charge in [0.2, 0.25) is 0 Å². The SMILES string of the molecule is NC1CCC(CCNCCCNC2CCCCC2)CC1. The predicted molar refractivity (Wildman–Crippen MR) is 86.9 cm³/mol. The van der Waals surface area contributed by atoms with Crippen molar-refractivity contribution in [1.82, 2.24) is 10.6 Å². The summed E-state index contributed by atoms with van der Waals surface area (Å²) in [6.07, 6.45) is 14.9. The molecule has 118 valence electrons. The minimum atomic E-state index is 0.491. The average molecular weight is 281 g/mol. The van der Waals surface area contributed by atoms with Gasteiger partial charge in [0.05, 0.1) is 0 Å². The molecule has 2 aliphatic carbocycles. The maximum atomic E-state index is 5.95. The third-order valence-corrected chi connectivity index (χ3v) is 5.19. The summed E-state index contributed by atoms with van der Waals surface area (Å²) in [6.45, 7) is 3.56. The van der Waals surface area contributed by atoms with E-state index in [-0.39, 0.29) is 0 Å². The van der Waals surface area contributed by atoms with Gasteiger partial charge in [-0.2, -0.15) is 0 Å². The van der Waals surface area contributed by atoms with Crippen molar-refractivity contribution in [1.29, 1.82) is 0 Å². The quantitative estimate of drug-likeness (QED) is 0.600. The first-order valence-corrected chi connectivity index (χ1v) is 9.04. The highest BCUT2D eigenvalue weighted by atomic mass is 14.9. The van der Waals surface area contributed by atoms with E-state index in [0.29, 0.717) is 6.04 Å². The number of hydrogen-bond donors (Lipinski definition) is 3. The zero-order chi connectivity index (χ0) is 14.0. The van der Waals surface area contributed by atoms with Crippen LogP contribution in [0.2, 0.25) is 0 Å². The summed E-state index contributed by atoms with van der Waals surface area (Å²) in [5.41, 5.74) is 5.95. The van der Waals surface area contributed by atoms with Crippen LogP contribution >= 0.6 is 0 Å². The van der Waals surface area contributed by atoms with Crippen LogP contribution < -0.4 is 16.4 Å². The molecule has 0 aromatic rings. The van der Waals surface area contributed by atoms with Crippen molar-refractivity contribution < 1.29 is 0 Å². The minimum absolute atomic E-state index is 0.491. The Morgan fingerprint density at radius 3 is 2.30 bits per heavy atom. The van der Waals surface area contributed by atoms with E-state index in [0.717, 1.165) is 12.0 Å². The summed E-state index contributed by atoms with van der Waals surface area (Å²) in [7, 11) is 0. The van der Waals surface area contributed by atoms with Crippen molar-refractivity contribution in [2.75, 3.05) is 19.6 Å². The van der Waals surface area contributed by atoms with Gasteiger partial charge in [0.15, 0.2) is 0 Å². The first kappa shape index (κ1) is 16.3. The van der Waals surface area contributed by atoms with Gasteiger partial charge in [-0.05, 0) is 76.9 Å². The molecule has 3 nitrogen and oxygen atoms in total. The van der Waals surface area contributed by atoms with E-state index in [1.807, 2.05) is 0 Å². The van der Waals surface area contributed by atoms with Crippen molar-refractivity contribution >= 4 is 0 Å². The first-order valence-electron chi connectivity index (χ1n) is 9.04. The third-order valence-electron chi connectivity index (χ3n) is 5.19. The van der Waals surface area contributed by atoms with Crippen LogP contribution in [0.25, 0.3) is 0 Å². The van der Waals surface area contributed by atoms with E-state index in [2.05, 4.69) is 10.6 Å². The molecule has 0 heterocycles. The van der Waals surface area contributed by atoms with Crippen LogP contribution in [0, 0.1) is 5.92 Å². The Labute approximate surface area is 125 Å². The monoisotopic (exact) mass is 281 g/mol. The first-order chi connectivity index (χ1) is 9.84. The Morgan fingerprint density at radius 2 is 1.55 bits per heavy atom. The van der Waals surface area contributed by atoms with E-state index in [1.165, 1.54) is 90.3 Å². The van der Waals surface area contributed by atoms with Gasteiger partial charge < -0.3 is 16.4 Å². The molecule has 0 aromatic heterocycles. The molecule has 0 saturated heterocycles. The Balaban J connectivity index is 1.36. The largest absolute Gasteiger partial charge is 0.328 e. The summed E-state index contributed by atoms with van der Waals surface area (Å²) in [5, 5.41) is 7.32. The molecule has 0 atom stereocenters. The topological polar surface area (TPSA) is 50.1 Å². The van der Waals surface area contributed by atoms with Gasteiger partial charge >= 0.3 is 0 Å². The van der Waals surface area contributed by atoms with Crippen molar-refractivity contribution in [3.8, 4) is 0 Å². The van der Waals surface area contributed by atoms with Gasteiger partial charge in [0.1, 0.15) is 0 Å². The molecule has 0 aliphatic heterocycles. The van der Waals surface area contributed by atoms with Crippen LogP contribution in [0.15, 0.2) is 0 Å². The zero-order valence-electron chi connectivity index (χ0n) is 13.2. The number of hydrogen-bond acceptors (Lipinski definition) is 3. The molecule has 0 bridgehead atoms. The van der Waals surface area contributed by atoms with E-state index in [4.69, 9.17) is 5.73 Å². The number of nitrogens with one attached hydrogen (secondary N) is 2. The highest BCUT2D eigenvalue weighted by Gasteiger charge is 2.17. The van der Waals surface area contributed by atoms with E-state index in [1.54, 1.807) is 0 Å². The summed E-state index contributed by atoms with van der Waals surface area (Å²) in [6, 6.07) is 1.31. The lowest BCUT2D eigenvalue weighted by atomic mass is 9.84. The maximum absolute atomic E-state index is 5.95. The van der Waals surface area contributed by atoms with Crippen LogP contribution in [0.5, 0.6) is 0 Å². The molecule has 3 heteroatoms. The highest BCUT2D eigenvalue weighted by Crippen LogP contribution is 2.25. The van der Waals surface area contributed by atoms with Gasteiger partial charge in [0, 0.05) is 12.1 Å². The van der Waals surface area contributed by atoms with Crippen LogP contribution in [0.1, 0.15) is 70.6 Å². The van der Waals surface area contributed by atoms with E-state index >= 15 is 0 Å². The van der Waals surface area contributed by atoms with Gasteiger partial charge in [-0.3, -0.25) is 0 Å². The lowest BCUT2D eigenvalue weighted by Gasteiger charge is -2.26. The van der Waals surface area contributed by atoms with E-state index < -0.39 is 0 Å². The molecule has 20 heavy (non-hydrogen) atoms. The average Bonchev–Trinajstić information content (AvgIpc) is 2.49.